The van der Waals surface area contributed by atoms with Gasteiger partial charge in [0.1, 0.15) is 0 Å². The molecule has 88 valence electrons. The number of hydrogen-bond acceptors (Lipinski definition) is 4. The van der Waals surface area contributed by atoms with Gasteiger partial charge in [0.25, 0.3) is 0 Å². The van der Waals surface area contributed by atoms with Crippen LogP contribution in [0.4, 0.5) is 16.0 Å². The van der Waals surface area contributed by atoms with Gasteiger partial charge in [0.2, 0.25) is 5.95 Å². The van der Waals surface area contributed by atoms with E-state index in [2.05, 4.69) is 9.97 Å². The standard InChI is InChI=1S/C12H13FN4/c1-17(12-15-7-10(13)8-16-12)11-4-2-3-9(5-11)6-14/h2-5,7-8H,6,14H2,1H3. The Morgan fingerprint density at radius 1 is 1.29 bits per heavy atom. The van der Waals surface area contributed by atoms with Crippen LogP contribution in [0.25, 0.3) is 0 Å². The second-order valence-electron chi connectivity index (χ2n) is 3.63. The summed E-state index contributed by atoms with van der Waals surface area (Å²) < 4.78 is 12.7. The average Bonchev–Trinajstić information content (AvgIpc) is 2.39. The van der Waals surface area contributed by atoms with Gasteiger partial charge in [0, 0.05) is 19.3 Å². The lowest BCUT2D eigenvalue weighted by molar-refractivity contribution is 0.613. The number of halogens is 1. The fourth-order valence-corrected chi connectivity index (χ4v) is 1.49. The van der Waals surface area contributed by atoms with E-state index in [1.165, 1.54) is 0 Å². The Morgan fingerprint density at radius 3 is 2.65 bits per heavy atom. The van der Waals surface area contributed by atoms with Gasteiger partial charge in [0.05, 0.1) is 12.4 Å². The minimum Gasteiger partial charge on any atom is -0.326 e. The molecule has 1 heterocycles. The Morgan fingerprint density at radius 2 is 2.00 bits per heavy atom. The predicted molar refractivity (Wildman–Crippen MR) is 64.4 cm³/mol. The van der Waals surface area contributed by atoms with E-state index < -0.39 is 5.82 Å². The smallest absolute Gasteiger partial charge is 0.229 e. The fraction of sp³-hybridized carbons (Fsp3) is 0.167. The number of anilines is 2. The monoisotopic (exact) mass is 232 g/mol. The van der Waals surface area contributed by atoms with Gasteiger partial charge >= 0.3 is 0 Å². The summed E-state index contributed by atoms with van der Waals surface area (Å²) in [4.78, 5) is 9.61. The Balaban J connectivity index is 2.29. The first-order chi connectivity index (χ1) is 8.20. The lowest BCUT2D eigenvalue weighted by Crippen LogP contribution is -2.13. The van der Waals surface area contributed by atoms with Crippen molar-refractivity contribution in [3.05, 3.63) is 48.0 Å². The molecule has 0 aliphatic heterocycles. The molecule has 0 unspecified atom stereocenters. The summed E-state index contributed by atoms with van der Waals surface area (Å²) in [5, 5.41) is 0. The second kappa shape index (κ2) is 4.88. The van der Waals surface area contributed by atoms with Gasteiger partial charge in [-0.15, -0.1) is 0 Å². The van der Waals surface area contributed by atoms with Gasteiger partial charge in [-0.1, -0.05) is 12.1 Å². The third kappa shape index (κ3) is 2.57. The molecule has 0 amide bonds. The minimum absolute atomic E-state index is 0.445. The van der Waals surface area contributed by atoms with Gasteiger partial charge in [-0.05, 0) is 17.7 Å². The van der Waals surface area contributed by atoms with Gasteiger partial charge < -0.3 is 10.6 Å². The molecule has 1 aromatic carbocycles. The molecule has 4 nitrogen and oxygen atoms in total. The number of aromatic nitrogens is 2. The van der Waals surface area contributed by atoms with E-state index in [0.717, 1.165) is 23.6 Å². The van der Waals surface area contributed by atoms with Crippen LogP contribution in [0.15, 0.2) is 36.7 Å². The number of rotatable bonds is 3. The Labute approximate surface area is 98.9 Å². The van der Waals surface area contributed by atoms with Crippen molar-refractivity contribution in [1.29, 1.82) is 0 Å². The van der Waals surface area contributed by atoms with E-state index in [1.807, 2.05) is 31.3 Å². The summed E-state index contributed by atoms with van der Waals surface area (Å²) >= 11 is 0. The summed E-state index contributed by atoms with van der Waals surface area (Å²) in [5.74, 6) is -0.00145. The largest absolute Gasteiger partial charge is 0.326 e. The Bertz CT molecular complexity index is 498. The number of hydrogen-bond donors (Lipinski definition) is 1. The molecule has 2 rings (SSSR count). The van der Waals surface area contributed by atoms with E-state index in [4.69, 9.17) is 5.73 Å². The van der Waals surface area contributed by atoms with E-state index in [9.17, 15) is 4.39 Å². The van der Waals surface area contributed by atoms with Crippen molar-refractivity contribution in [2.45, 2.75) is 6.54 Å². The summed E-state index contributed by atoms with van der Waals surface area (Å²) in [5.41, 5.74) is 7.52. The molecule has 0 spiro atoms. The third-order valence-electron chi connectivity index (χ3n) is 2.44. The molecular weight excluding hydrogens is 219 g/mol. The van der Waals surface area contributed by atoms with Crippen molar-refractivity contribution in [3.8, 4) is 0 Å². The molecule has 2 N–H and O–H groups in total. The molecule has 2 aromatic rings. The van der Waals surface area contributed by atoms with Crippen LogP contribution in [0.1, 0.15) is 5.56 Å². The van der Waals surface area contributed by atoms with Crippen molar-refractivity contribution in [2.24, 2.45) is 5.73 Å². The molecule has 0 bridgehead atoms. The molecule has 17 heavy (non-hydrogen) atoms. The van der Waals surface area contributed by atoms with E-state index >= 15 is 0 Å². The number of benzene rings is 1. The van der Waals surface area contributed by atoms with Crippen molar-refractivity contribution in [2.75, 3.05) is 11.9 Å². The van der Waals surface area contributed by atoms with E-state index in [0.29, 0.717) is 12.5 Å². The summed E-state index contributed by atoms with van der Waals surface area (Å²) in [6.07, 6.45) is 2.29. The highest BCUT2D eigenvalue weighted by molar-refractivity contribution is 5.56. The van der Waals surface area contributed by atoms with Crippen LogP contribution in [0.5, 0.6) is 0 Å². The van der Waals surface area contributed by atoms with Crippen LogP contribution in [-0.4, -0.2) is 17.0 Å². The summed E-state index contributed by atoms with van der Waals surface area (Å²) in [6.45, 7) is 0.478. The first-order valence-electron chi connectivity index (χ1n) is 5.21. The van der Waals surface area contributed by atoms with Crippen LogP contribution >= 0.6 is 0 Å². The topological polar surface area (TPSA) is 55.0 Å². The SMILES string of the molecule is CN(c1cccc(CN)c1)c1ncc(F)cn1. The van der Waals surface area contributed by atoms with Gasteiger partial charge in [0.15, 0.2) is 5.82 Å². The molecule has 5 heteroatoms. The lowest BCUT2D eigenvalue weighted by Gasteiger charge is -2.17. The lowest BCUT2D eigenvalue weighted by atomic mass is 10.2. The van der Waals surface area contributed by atoms with Gasteiger partial charge in [-0.2, -0.15) is 0 Å². The molecule has 0 saturated carbocycles. The zero-order valence-electron chi connectivity index (χ0n) is 9.47. The van der Waals surface area contributed by atoms with Crippen molar-refractivity contribution in [1.82, 2.24) is 9.97 Å². The van der Waals surface area contributed by atoms with E-state index in [1.54, 1.807) is 4.90 Å². The highest BCUT2D eigenvalue weighted by Crippen LogP contribution is 2.20. The predicted octanol–water partition coefficient (Wildman–Crippen LogP) is 1.84. The van der Waals surface area contributed by atoms with Crippen LogP contribution in [0.2, 0.25) is 0 Å². The molecule has 0 aliphatic carbocycles. The Hall–Kier alpha value is -2.01. The summed E-state index contributed by atoms with van der Waals surface area (Å²) in [7, 11) is 1.82. The van der Waals surface area contributed by atoms with Crippen molar-refractivity contribution in [3.63, 3.8) is 0 Å². The highest BCUT2D eigenvalue weighted by Gasteiger charge is 2.07. The Kier molecular flexibility index (Phi) is 3.30. The molecule has 0 fully saturated rings. The zero-order valence-corrected chi connectivity index (χ0v) is 9.47. The molecular formula is C12H13FN4. The number of nitrogens with zero attached hydrogens (tertiary/aromatic N) is 3. The first kappa shape index (κ1) is 11.5. The van der Waals surface area contributed by atoms with Gasteiger partial charge in [-0.25, -0.2) is 14.4 Å². The quantitative estimate of drug-likeness (QED) is 0.877. The summed E-state index contributed by atoms with van der Waals surface area (Å²) in [6, 6.07) is 7.74. The van der Waals surface area contributed by atoms with Crippen LogP contribution < -0.4 is 10.6 Å². The van der Waals surface area contributed by atoms with E-state index in [-0.39, 0.29) is 0 Å². The normalized spacial score (nSPS) is 10.3. The van der Waals surface area contributed by atoms with Crippen molar-refractivity contribution >= 4 is 11.6 Å². The molecule has 0 saturated heterocycles. The maximum Gasteiger partial charge on any atom is 0.229 e. The third-order valence-corrected chi connectivity index (χ3v) is 2.44. The van der Waals surface area contributed by atoms with Gasteiger partial charge in [-0.3, -0.25) is 0 Å². The second-order valence-corrected chi connectivity index (χ2v) is 3.63. The molecule has 0 aliphatic rings. The van der Waals surface area contributed by atoms with Crippen molar-refractivity contribution < 1.29 is 4.39 Å². The molecule has 1 aromatic heterocycles. The molecule has 0 radical (unpaired) electrons. The average molecular weight is 232 g/mol. The van der Waals surface area contributed by atoms with Crippen LogP contribution in [0, 0.1) is 5.82 Å². The fourth-order valence-electron chi connectivity index (χ4n) is 1.49. The maximum absolute atomic E-state index is 12.7. The van der Waals surface area contributed by atoms with Crippen LogP contribution in [0.3, 0.4) is 0 Å². The zero-order chi connectivity index (χ0) is 12.3. The van der Waals surface area contributed by atoms with Crippen LogP contribution in [-0.2, 0) is 6.54 Å². The number of nitrogens with two attached hydrogens (primary N) is 1. The molecule has 0 atom stereocenters. The maximum atomic E-state index is 12.7. The first-order valence-corrected chi connectivity index (χ1v) is 5.21. The highest BCUT2D eigenvalue weighted by atomic mass is 19.1. The minimum atomic E-state index is -0.446.